The van der Waals surface area contributed by atoms with Gasteiger partial charge < -0.3 is 5.11 Å². The van der Waals surface area contributed by atoms with Crippen LogP contribution in [0.5, 0.6) is 0 Å². The van der Waals surface area contributed by atoms with E-state index in [-0.39, 0.29) is 12.0 Å². The largest absolute Gasteiger partial charge is 0.396 e. The normalized spacial score (nSPS) is 14.9. The number of benzene rings is 1. The van der Waals surface area contributed by atoms with Crippen LogP contribution in [-0.4, -0.2) is 11.7 Å². The lowest BCUT2D eigenvalue weighted by atomic mass is 9.80. The third-order valence-corrected chi connectivity index (χ3v) is 2.99. The van der Waals surface area contributed by atoms with Gasteiger partial charge in [-0.25, -0.2) is 0 Å². The Balaban J connectivity index is 2.70. The molecule has 1 rings (SSSR count). The third-order valence-electron chi connectivity index (χ3n) is 2.99. The van der Waals surface area contributed by atoms with E-state index in [0.717, 1.165) is 19.3 Å². The minimum Gasteiger partial charge on any atom is -0.396 e. The quantitative estimate of drug-likeness (QED) is 0.783. The Bertz CT molecular complexity index is 289. The van der Waals surface area contributed by atoms with E-state index in [1.807, 2.05) is 0 Å². The molecular formula is C14H22O. The second-order valence-electron chi connectivity index (χ2n) is 4.88. The fourth-order valence-electron chi connectivity index (χ4n) is 2.03. The first kappa shape index (κ1) is 12.3. The second-order valence-corrected chi connectivity index (χ2v) is 4.88. The highest BCUT2D eigenvalue weighted by Crippen LogP contribution is 2.27. The van der Waals surface area contributed by atoms with Gasteiger partial charge in [0.25, 0.3) is 0 Å². The van der Waals surface area contributed by atoms with Gasteiger partial charge in [0.15, 0.2) is 0 Å². The molecular weight excluding hydrogens is 184 g/mol. The summed E-state index contributed by atoms with van der Waals surface area (Å²) < 4.78 is 0. The first-order chi connectivity index (χ1) is 7.09. The Kier molecular flexibility index (Phi) is 4.34. The Morgan fingerprint density at radius 1 is 1.20 bits per heavy atom. The van der Waals surface area contributed by atoms with Crippen LogP contribution >= 0.6 is 0 Å². The van der Waals surface area contributed by atoms with Crippen molar-refractivity contribution in [2.75, 3.05) is 6.61 Å². The summed E-state index contributed by atoms with van der Waals surface area (Å²) in [5.41, 5.74) is 2.66. The maximum Gasteiger partial charge on any atom is 0.0487 e. The highest BCUT2D eigenvalue weighted by atomic mass is 16.3. The van der Waals surface area contributed by atoms with Gasteiger partial charge in [-0.15, -0.1) is 0 Å². The molecule has 1 N–H and O–H groups in total. The van der Waals surface area contributed by atoms with Gasteiger partial charge in [-0.1, -0.05) is 50.1 Å². The molecule has 0 bridgehead atoms. The second kappa shape index (κ2) is 5.32. The number of hydrogen-bond acceptors (Lipinski definition) is 1. The van der Waals surface area contributed by atoms with Crippen LogP contribution in [0.15, 0.2) is 24.3 Å². The van der Waals surface area contributed by atoms with E-state index in [1.165, 1.54) is 11.1 Å². The van der Waals surface area contributed by atoms with E-state index in [4.69, 9.17) is 0 Å². The molecule has 0 aliphatic heterocycles. The van der Waals surface area contributed by atoms with Gasteiger partial charge in [-0.2, -0.15) is 0 Å². The van der Waals surface area contributed by atoms with Crippen LogP contribution in [0.2, 0.25) is 0 Å². The Hall–Kier alpha value is -0.820. The molecule has 15 heavy (non-hydrogen) atoms. The van der Waals surface area contributed by atoms with Gasteiger partial charge >= 0.3 is 0 Å². The monoisotopic (exact) mass is 206 g/mol. The zero-order valence-corrected chi connectivity index (χ0v) is 10.1. The summed E-state index contributed by atoms with van der Waals surface area (Å²) in [5, 5.41) is 9.43. The molecule has 0 aliphatic rings. The molecule has 0 aromatic heterocycles. The Labute approximate surface area is 93.1 Å². The Morgan fingerprint density at radius 3 is 2.27 bits per heavy atom. The SMILES string of the molecule is CCCC(C)(CO)Cc1ccc(C)cc1. The summed E-state index contributed by atoms with van der Waals surface area (Å²) in [6.07, 6.45) is 3.18. The summed E-state index contributed by atoms with van der Waals surface area (Å²) in [6.45, 7) is 6.70. The predicted octanol–water partition coefficient (Wildman–Crippen LogP) is 3.34. The minimum atomic E-state index is 0.0456. The lowest BCUT2D eigenvalue weighted by Gasteiger charge is -2.26. The molecule has 0 spiro atoms. The van der Waals surface area contributed by atoms with Crippen molar-refractivity contribution >= 4 is 0 Å². The summed E-state index contributed by atoms with van der Waals surface area (Å²) in [5.74, 6) is 0. The first-order valence-corrected chi connectivity index (χ1v) is 5.76. The van der Waals surface area contributed by atoms with Crippen LogP contribution in [0.4, 0.5) is 0 Å². The number of aryl methyl sites for hydroxylation is 1. The van der Waals surface area contributed by atoms with Crippen molar-refractivity contribution in [1.29, 1.82) is 0 Å². The number of hydrogen-bond donors (Lipinski definition) is 1. The molecule has 1 aromatic rings. The van der Waals surface area contributed by atoms with E-state index >= 15 is 0 Å². The lowest BCUT2D eigenvalue weighted by molar-refractivity contribution is 0.131. The number of aliphatic hydroxyl groups is 1. The van der Waals surface area contributed by atoms with Gasteiger partial charge in [-0.3, -0.25) is 0 Å². The minimum absolute atomic E-state index is 0.0456. The molecule has 0 fully saturated rings. The molecule has 84 valence electrons. The maximum atomic E-state index is 9.43. The van der Waals surface area contributed by atoms with E-state index in [1.54, 1.807) is 0 Å². The van der Waals surface area contributed by atoms with Crippen LogP contribution < -0.4 is 0 Å². The van der Waals surface area contributed by atoms with Crippen molar-refractivity contribution in [1.82, 2.24) is 0 Å². The van der Waals surface area contributed by atoms with E-state index in [2.05, 4.69) is 45.0 Å². The van der Waals surface area contributed by atoms with Crippen LogP contribution in [-0.2, 0) is 6.42 Å². The van der Waals surface area contributed by atoms with Gasteiger partial charge in [0.05, 0.1) is 0 Å². The smallest absolute Gasteiger partial charge is 0.0487 e. The van der Waals surface area contributed by atoms with Crippen LogP contribution in [0.3, 0.4) is 0 Å². The predicted molar refractivity (Wildman–Crippen MR) is 65.0 cm³/mol. The summed E-state index contributed by atoms with van der Waals surface area (Å²) in [6, 6.07) is 8.61. The fraction of sp³-hybridized carbons (Fsp3) is 0.571. The molecule has 1 aromatic carbocycles. The number of aliphatic hydroxyl groups excluding tert-OH is 1. The first-order valence-electron chi connectivity index (χ1n) is 5.76. The molecule has 0 aliphatic carbocycles. The molecule has 0 saturated carbocycles. The molecule has 0 radical (unpaired) electrons. The molecule has 0 saturated heterocycles. The molecule has 0 amide bonds. The van der Waals surface area contributed by atoms with Crippen LogP contribution in [0, 0.1) is 12.3 Å². The maximum absolute atomic E-state index is 9.43. The van der Waals surface area contributed by atoms with Crippen molar-refractivity contribution in [3.63, 3.8) is 0 Å². The van der Waals surface area contributed by atoms with Crippen molar-refractivity contribution in [2.45, 2.75) is 40.0 Å². The topological polar surface area (TPSA) is 20.2 Å². The van der Waals surface area contributed by atoms with E-state index in [0.29, 0.717) is 0 Å². The van der Waals surface area contributed by atoms with Gasteiger partial charge in [-0.05, 0) is 30.7 Å². The summed E-state index contributed by atoms with van der Waals surface area (Å²) in [7, 11) is 0. The van der Waals surface area contributed by atoms with Gasteiger partial charge in [0.1, 0.15) is 0 Å². The molecule has 1 atom stereocenters. The van der Waals surface area contributed by atoms with Crippen molar-refractivity contribution < 1.29 is 5.11 Å². The average molecular weight is 206 g/mol. The highest BCUT2D eigenvalue weighted by Gasteiger charge is 2.22. The van der Waals surface area contributed by atoms with Crippen LogP contribution in [0.25, 0.3) is 0 Å². The Morgan fingerprint density at radius 2 is 1.80 bits per heavy atom. The van der Waals surface area contributed by atoms with Gasteiger partial charge in [0, 0.05) is 6.61 Å². The van der Waals surface area contributed by atoms with Crippen molar-refractivity contribution in [3.05, 3.63) is 35.4 Å². The fourth-order valence-corrected chi connectivity index (χ4v) is 2.03. The standard InChI is InChI=1S/C14H22O/c1-4-9-14(3,11-15)10-13-7-5-12(2)6-8-13/h5-8,15H,4,9-11H2,1-3H3. The molecule has 1 heteroatoms. The average Bonchev–Trinajstić information content (AvgIpc) is 2.22. The molecule has 0 heterocycles. The highest BCUT2D eigenvalue weighted by molar-refractivity contribution is 5.22. The molecule has 1 unspecified atom stereocenters. The van der Waals surface area contributed by atoms with Crippen LogP contribution in [0.1, 0.15) is 37.8 Å². The van der Waals surface area contributed by atoms with Gasteiger partial charge in [0.2, 0.25) is 0 Å². The zero-order valence-electron chi connectivity index (χ0n) is 10.1. The lowest BCUT2D eigenvalue weighted by Crippen LogP contribution is -2.24. The molecule has 1 nitrogen and oxygen atoms in total. The van der Waals surface area contributed by atoms with Crippen molar-refractivity contribution in [3.8, 4) is 0 Å². The third kappa shape index (κ3) is 3.67. The number of rotatable bonds is 5. The van der Waals surface area contributed by atoms with E-state index < -0.39 is 0 Å². The van der Waals surface area contributed by atoms with Crippen molar-refractivity contribution in [2.24, 2.45) is 5.41 Å². The van der Waals surface area contributed by atoms with E-state index in [9.17, 15) is 5.11 Å². The zero-order chi connectivity index (χ0) is 11.3. The summed E-state index contributed by atoms with van der Waals surface area (Å²) >= 11 is 0. The summed E-state index contributed by atoms with van der Waals surface area (Å²) in [4.78, 5) is 0.